The van der Waals surface area contributed by atoms with E-state index < -0.39 is 0 Å². The summed E-state index contributed by atoms with van der Waals surface area (Å²) in [5, 5.41) is 3.47. The van der Waals surface area contributed by atoms with Crippen molar-refractivity contribution in [2.75, 3.05) is 5.75 Å². The van der Waals surface area contributed by atoms with Crippen molar-refractivity contribution >= 4 is 23.1 Å². The van der Waals surface area contributed by atoms with Crippen molar-refractivity contribution in [3.63, 3.8) is 0 Å². The van der Waals surface area contributed by atoms with E-state index in [0.717, 1.165) is 11.7 Å². The molecular formula is C11H19NS2. The first kappa shape index (κ1) is 12.1. The van der Waals surface area contributed by atoms with Crippen LogP contribution in [0, 0.1) is 5.92 Å². The lowest BCUT2D eigenvalue weighted by atomic mass is 10.2. The molecule has 0 unspecified atom stereocenters. The minimum atomic E-state index is 0.565. The summed E-state index contributed by atoms with van der Waals surface area (Å²) in [5.74, 6) is 3.66. The van der Waals surface area contributed by atoms with E-state index in [1.807, 2.05) is 11.8 Å². The summed E-state index contributed by atoms with van der Waals surface area (Å²) in [5.41, 5.74) is 1.25. The van der Waals surface area contributed by atoms with Crippen LogP contribution in [0.3, 0.4) is 0 Å². The molecule has 0 saturated carbocycles. The molecule has 14 heavy (non-hydrogen) atoms. The van der Waals surface area contributed by atoms with E-state index in [-0.39, 0.29) is 0 Å². The molecule has 0 fully saturated rings. The smallest absolute Gasteiger partial charge is 0.103 e. The SMILES string of the molecule is CC(C)CSCc1nc(C(C)C)cs1. The minimum Gasteiger partial charge on any atom is -0.245 e. The van der Waals surface area contributed by atoms with Crippen LogP contribution in [0.2, 0.25) is 0 Å². The zero-order valence-electron chi connectivity index (χ0n) is 9.41. The zero-order chi connectivity index (χ0) is 10.6. The van der Waals surface area contributed by atoms with Crippen LogP contribution in [-0.4, -0.2) is 10.7 Å². The maximum atomic E-state index is 4.60. The normalized spacial score (nSPS) is 11.6. The van der Waals surface area contributed by atoms with E-state index in [0.29, 0.717) is 5.92 Å². The Labute approximate surface area is 95.3 Å². The highest BCUT2D eigenvalue weighted by molar-refractivity contribution is 7.98. The lowest BCUT2D eigenvalue weighted by Gasteiger charge is -2.02. The first-order chi connectivity index (χ1) is 6.59. The van der Waals surface area contributed by atoms with Gasteiger partial charge < -0.3 is 0 Å². The van der Waals surface area contributed by atoms with Crippen molar-refractivity contribution in [3.05, 3.63) is 16.1 Å². The predicted octanol–water partition coefficient (Wildman–Crippen LogP) is 4.16. The molecule has 1 aromatic heterocycles. The molecule has 1 nitrogen and oxygen atoms in total. The average Bonchev–Trinajstić information content (AvgIpc) is 2.52. The van der Waals surface area contributed by atoms with Crippen LogP contribution in [0.1, 0.15) is 44.3 Å². The van der Waals surface area contributed by atoms with Crippen LogP contribution < -0.4 is 0 Å². The fraction of sp³-hybridized carbons (Fsp3) is 0.727. The number of thioether (sulfide) groups is 1. The van der Waals surface area contributed by atoms with Gasteiger partial charge in [-0.1, -0.05) is 27.7 Å². The molecule has 1 rings (SSSR count). The molecule has 80 valence electrons. The third-order valence-electron chi connectivity index (χ3n) is 1.84. The second kappa shape index (κ2) is 5.76. The maximum Gasteiger partial charge on any atom is 0.103 e. The van der Waals surface area contributed by atoms with Gasteiger partial charge in [0.25, 0.3) is 0 Å². The molecule has 0 N–H and O–H groups in total. The highest BCUT2D eigenvalue weighted by Gasteiger charge is 2.05. The second-order valence-corrected chi connectivity index (χ2v) is 6.20. The standard InChI is InChI=1S/C11H19NS2/c1-8(2)5-13-7-11-12-10(6-14-11)9(3)4/h6,8-9H,5,7H2,1-4H3. The molecule has 3 heteroatoms. The molecule has 0 aromatic carbocycles. The van der Waals surface area contributed by atoms with Crippen molar-refractivity contribution in [1.29, 1.82) is 0 Å². The number of nitrogens with zero attached hydrogens (tertiary/aromatic N) is 1. The van der Waals surface area contributed by atoms with Gasteiger partial charge in [-0.15, -0.1) is 11.3 Å². The van der Waals surface area contributed by atoms with Gasteiger partial charge in [0.2, 0.25) is 0 Å². The van der Waals surface area contributed by atoms with Crippen molar-refractivity contribution in [2.24, 2.45) is 5.92 Å². The van der Waals surface area contributed by atoms with E-state index in [9.17, 15) is 0 Å². The lowest BCUT2D eigenvalue weighted by molar-refractivity contribution is 0.750. The first-order valence-electron chi connectivity index (χ1n) is 5.11. The third kappa shape index (κ3) is 4.01. The monoisotopic (exact) mass is 229 g/mol. The van der Waals surface area contributed by atoms with Crippen molar-refractivity contribution in [3.8, 4) is 0 Å². The molecule has 0 bridgehead atoms. The Morgan fingerprint density at radius 3 is 2.57 bits per heavy atom. The summed E-state index contributed by atoms with van der Waals surface area (Å²) in [4.78, 5) is 4.60. The molecule has 1 heterocycles. The van der Waals surface area contributed by atoms with E-state index in [1.54, 1.807) is 11.3 Å². The van der Waals surface area contributed by atoms with Gasteiger partial charge in [0.1, 0.15) is 5.01 Å². The van der Waals surface area contributed by atoms with Gasteiger partial charge in [-0.25, -0.2) is 4.98 Å². The molecule has 1 aromatic rings. The molecule has 0 saturated heterocycles. The Morgan fingerprint density at radius 2 is 2.07 bits per heavy atom. The lowest BCUT2D eigenvalue weighted by Crippen LogP contribution is -1.92. The van der Waals surface area contributed by atoms with E-state index >= 15 is 0 Å². The number of hydrogen-bond donors (Lipinski definition) is 0. The molecular weight excluding hydrogens is 210 g/mol. The fourth-order valence-electron chi connectivity index (χ4n) is 1.04. The Morgan fingerprint density at radius 1 is 1.36 bits per heavy atom. The van der Waals surface area contributed by atoms with Crippen molar-refractivity contribution in [1.82, 2.24) is 4.98 Å². The molecule has 0 radical (unpaired) electrons. The Hall–Kier alpha value is -0.0200. The average molecular weight is 229 g/mol. The van der Waals surface area contributed by atoms with Gasteiger partial charge >= 0.3 is 0 Å². The van der Waals surface area contributed by atoms with Crippen molar-refractivity contribution in [2.45, 2.75) is 39.4 Å². The van der Waals surface area contributed by atoms with E-state index in [4.69, 9.17) is 0 Å². The van der Waals surface area contributed by atoms with Crippen LogP contribution in [0.15, 0.2) is 5.38 Å². The second-order valence-electron chi connectivity index (χ2n) is 4.23. The van der Waals surface area contributed by atoms with Gasteiger partial charge in [0.15, 0.2) is 0 Å². The summed E-state index contributed by atoms with van der Waals surface area (Å²) >= 11 is 3.79. The van der Waals surface area contributed by atoms with Crippen LogP contribution in [-0.2, 0) is 5.75 Å². The number of hydrogen-bond acceptors (Lipinski definition) is 3. The topological polar surface area (TPSA) is 12.9 Å². The highest BCUT2D eigenvalue weighted by Crippen LogP contribution is 2.22. The quantitative estimate of drug-likeness (QED) is 0.752. The molecule has 0 aliphatic carbocycles. The zero-order valence-corrected chi connectivity index (χ0v) is 11.0. The summed E-state index contributed by atoms with van der Waals surface area (Å²) in [6.45, 7) is 8.91. The fourth-order valence-corrected chi connectivity index (χ4v) is 3.13. The summed E-state index contributed by atoms with van der Waals surface area (Å²) in [7, 11) is 0. The van der Waals surface area contributed by atoms with Gasteiger partial charge in [0, 0.05) is 11.1 Å². The van der Waals surface area contributed by atoms with Gasteiger partial charge in [-0.3, -0.25) is 0 Å². The summed E-state index contributed by atoms with van der Waals surface area (Å²) < 4.78 is 0. The number of aromatic nitrogens is 1. The van der Waals surface area contributed by atoms with Crippen LogP contribution in [0.5, 0.6) is 0 Å². The summed E-state index contributed by atoms with van der Waals surface area (Å²) in [6.07, 6.45) is 0. The van der Waals surface area contributed by atoms with Gasteiger partial charge in [0.05, 0.1) is 5.69 Å². The summed E-state index contributed by atoms with van der Waals surface area (Å²) in [6, 6.07) is 0. The molecule has 0 aliphatic rings. The molecule has 0 amide bonds. The largest absolute Gasteiger partial charge is 0.245 e. The number of thiazole rings is 1. The van der Waals surface area contributed by atoms with Gasteiger partial charge in [-0.2, -0.15) is 11.8 Å². The Bertz CT molecular complexity index is 266. The Kier molecular flexibility index (Phi) is 4.96. The van der Waals surface area contributed by atoms with E-state index in [2.05, 4.69) is 38.1 Å². The van der Waals surface area contributed by atoms with Crippen LogP contribution >= 0.6 is 23.1 Å². The van der Waals surface area contributed by atoms with Crippen LogP contribution in [0.25, 0.3) is 0 Å². The van der Waals surface area contributed by atoms with Gasteiger partial charge in [-0.05, 0) is 17.6 Å². The third-order valence-corrected chi connectivity index (χ3v) is 4.27. The predicted molar refractivity (Wildman–Crippen MR) is 67.2 cm³/mol. The van der Waals surface area contributed by atoms with Crippen molar-refractivity contribution < 1.29 is 0 Å². The highest BCUT2D eigenvalue weighted by atomic mass is 32.2. The molecule has 0 aliphatic heterocycles. The first-order valence-corrected chi connectivity index (χ1v) is 7.15. The maximum absolute atomic E-state index is 4.60. The van der Waals surface area contributed by atoms with E-state index in [1.165, 1.54) is 16.5 Å². The molecule has 0 atom stereocenters. The minimum absolute atomic E-state index is 0.565. The van der Waals surface area contributed by atoms with Crippen LogP contribution in [0.4, 0.5) is 0 Å². The Balaban J connectivity index is 2.36. The molecule has 0 spiro atoms. The number of rotatable bonds is 5.